The van der Waals surface area contributed by atoms with Gasteiger partial charge in [-0.15, -0.1) is 0 Å². The number of imide groups is 2. The van der Waals surface area contributed by atoms with Crippen molar-refractivity contribution in [3.05, 3.63) is 104 Å². The number of hydrogen-bond donors (Lipinski definition) is 1. The molecule has 1 saturated heterocycles. The fraction of sp³-hybridized carbons (Fsp3) is 0.129. The van der Waals surface area contributed by atoms with Gasteiger partial charge in [-0.1, -0.05) is 59.6 Å². The van der Waals surface area contributed by atoms with Crippen molar-refractivity contribution in [3.8, 4) is 11.5 Å². The molecule has 0 unspecified atom stereocenters. The van der Waals surface area contributed by atoms with Gasteiger partial charge in [-0.3, -0.25) is 14.9 Å². The number of halogens is 3. The molecular formula is C31H23BrCl2N2O5. The molecule has 0 aliphatic carbocycles. The summed E-state index contributed by atoms with van der Waals surface area (Å²) in [7, 11) is 0. The van der Waals surface area contributed by atoms with Gasteiger partial charge >= 0.3 is 6.03 Å². The minimum absolute atomic E-state index is 0.159. The lowest BCUT2D eigenvalue weighted by Gasteiger charge is -2.26. The van der Waals surface area contributed by atoms with E-state index in [1.54, 1.807) is 12.1 Å². The lowest BCUT2D eigenvalue weighted by molar-refractivity contribution is -0.122. The van der Waals surface area contributed by atoms with E-state index in [2.05, 4.69) is 45.5 Å². The summed E-state index contributed by atoms with van der Waals surface area (Å²) in [4.78, 5) is 39.5. The topological polar surface area (TPSA) is 84.9 Å². The van der Waals surface area contributed by atoms with Crippen LogP contribution < -0.4 is 19.7 Å². The Kier molecular flexibility index (Phi) is 8.35. The number of hydrogen-bond acceptors (Lipinski definition) is 5. The van der Waals surface area contributed by atoms with Crippen molar-refractivity contribution >= 4 is 79.5 Å². The molecule has 1 aliphatic heterocycles. The third-order valence-corrected chi connectivity index (χ3v) is 7.87. The zero-order valence-corrected chi connectivity index (χ0v) is 25.1. The maximum Gasteiger partial charge on any atom is 0.335 e. The van der Waals surface area contributed by atoms with Gasteiger partial charge in [0.25, 0.3) is 11.8 Å². The first-order chi connectivity index (χ1) is 19.7. The first kappa shape index (κ1) is 28.7. The number of carbonyl (C=O) groups excluding carboxylic acids is 3. The molecule has 1 aliphatic rings. The third kappa shape index (κ3) is 5.81. The predicted octanol–water partition coefficient (Wildman–Crippen LogP) is 7.86. The molecule has 1 heterocycles. The normalized spacial score (nSPS) is 14.5. The van der Waals surface area contributed by atoms with Crippen LogP contribution in [0.5, 0.6) is 11.5 Å². The summed E-state index contributed by atoms with van der Waals surface area (Å²) in [5.74, 6) is -0.726. The second-order valence-corrected chi connectivity index (χ2v) is 10.9. The molecule has 4 aromatic rings. The van der Waals surface area contributed by atoms with Crippen LogP contribution in [-0.4, -0.2) is 24.5 Å². The van der Waals surface area contributed by atoms with Crippen molar-refractivity contribution in [2.24, 2.45) is 0 Å². The molecule has 5 rings (SSSR count). The van der Waals surface area contributed by atoms with E-state index < -0.39 is 17.8 Å². The first-order valence-corrected chi connectivity index (χ1v) is 14.2. The van der Waals surface area contributed by atoms with Crippen molar-refractivity contribution in [1.82, 2.24) is 5.32 Å². The summed E-state index contributed by atoms with van der Waals surface area (Å²) in [5.41, 5.74) is 2.56. The van der Waals surface area contributed by atoms with Gasteiger partial charge in [0.2, 0.25) is 0 Å². The van der Waals surface area contributed by atoms with E-state index in [1.807, 2.05) is 26.0 Å². The van der Waals surface area contributed by atoms with E-state index in [4.69, 9.17) is 32.7 Å². The highest BCUT2D eigenvalue weighted by Gasteiger charge is 2.37. The van der Waals surface area contributed by atoms with Crippen LogP contribution in [-0.2, 0) is 16.2 Å². The smallest absolute Gasteiger partial charge is 0.335 e. The maximum atomic E-state index is 13.3. The van der Waals surface area contributed by atoms with Gasteiger partial charge in [0.1, 0.15) is 12.2 Å². The van der Waals surface area contributed by atoms with Gasteiger partial charge in [-0.2, -0.15) is 0 Å². The number of barbiturate groups is 1. The van der Waals surface area contributed by atoms with E-state index in [0.717, 1.165) is 26.8 Å². The standard InChI is InChI=1S/C31H23BrCl2N2O5/c1-3-40-27-14-18(12-22-29(37)35-31(39)36(30(22)38)20-10-11-25(33)26(34)15-20)13-24(32)28(27)41-16-23-17(2)8-9-19-6-4-5-7-21(19)23/h4-15H,3,16H2,1-2H3,(H,35,37,39)/b22-12+. The molecule has 7 nitrogen and oxygen atoms in total. The van der Waals surface area contributed by atoms with Crippen molar-refractivity contribution in [2.45, 2.75) is 20.5 Å². The van der Waals surface area contributed by atoms with Crippen LogP contribution in [0.15, 0.2) is 76.8 Å². The average molecular weight is 654 g/mol. The fourth-order valence-corrected chi connectivity index (χ4v) is 5.40. The van der Waals surface area contributed by atoms with Crippen molar-refractivity contribution in [2.75, 3.05) is 11.5 Å². The summed E-state index contributed by atoms with van der Waals surface area (Å²) in [6.07, 6.45) is 1.39. The number of nitrogens with zero attached hydrogens (tertiary/aromatic N) is 1. The first-order valence-electron chi connectivity index (χ1n) is 12.6. The van der Waals surface area contributed by atoms with E-state index in [1.165, 1.54) is 24.3 Å². The molecule has 1 fully saturated rings. The monoisotopic (exact) mass is 652 g/mol. The molecule has 4 aromatic carbocycles. The van der Waals surface area contributed by atoms with Crippen LogP contribution in [0, 0.1) is 6.92 Å². The molecular weight excluding hydrogens is 631 g/mol. The summed E-state index contributed by atoms with van der Waals surface area (Å²) < 4.78 is 12.7. The van der Waals surface area contributed by atoms with Crippen molar-refractivity contribution in [1.29, 1.82) is 0 Å². The van der Waals surface area contributed by atoms with Crippen molar-refractivity contribution in [3.63, 3.8) is 0 Å². The maximum absolute atomic E-state index is 13.3. The lowest BCUT2D eigenvalue weighted by Crippen LogP contribution is -2.54. The summed E-state index contributed by atoms with van der Waals surface area (Å²) in [6, 6.07) is 19.1. The minimum Gasteiger partial charge on any atom is -0.490 e. The second-order valence-electron chi connectivity index (χ2n) is 9.19. The van der Waals surface area contributed by atoms with Gasteiger partial charge in [-0.05, 0) is 88.1 Å². The molecule has 1 N–H and O–H groups in total. The van der Waals surface area contributed by atoms with Gasteiger partial charge in [0.15, 0.2) is 11.5 Å². The molecule has 10 heteroatoms. The molecule has 0 spiro atoms. The van der Waals surface area contributed by atoms with Crippen LogP contribution in [0.2, 0.25) is 10.0 Å². The van der Waals surface area contributed by atoms with E-state index in [-0.39, 0.29) is 21.3 Å². The Hall–Kier alpha value is -3.85. The Morgan fingerprint density at radius 1 is 0.951 bits per heavy atom. The van der Waals surface area contributed by atoms with Gasteiger partial charge in [-0.25, -0.2) is 9.69 Å². The molecule has 0 radical (unpaired) electrons. The SMILES string of the molecule is CCOc1cc(/C=C2\C(=O)NC(=O)N(c3ccc(Cl)c(Cl)c3)C2=O)cc(Br)c1OCc1c(C)ccc2ccccc12. The number of benzene rings is 4. The second kappa shape index (κ2) is 11.9. The Balaban J connectivity index is 1.48. The number of carbonyl (C=O) groups is 3. The Bertz CT molecular complexity index is 1750. The number of aryl methyl sites for hydroxylation is 1. The highest BCUT2D eigenvalue weighted by molar-refractivity contribution is 9.10. The van der Waals surface area contributed by atoms with Crippen LogP contribution in [0.4, 0.5) is 10.5 Å². The minimum atomic E-state index is -0.890. The van der Waals surface area contributed by atoms with E-state index in [9.17, 15) is 14.4 Å². The fourth-order valence-electron chi connectivity index (χ4n) is 4.54. The molecule has 0 aromatic heterocycles. The van der Waals surface area contributed by atoms with Crippen molar-refractivity contribution < 1.29 is 23.9 Å². The largest absolute Gasteiger partial charge is 0.490 e. The Morgan fingerprint density at radius 2 is 1.73 bits per heavy atom. The molecule has 0 bridgehead atoms. The number of anilines is 1. The number of rotatable bonds is 7. The van der Waals surface area contributed by atoms with Gasteiger partial charge < -0.3 is 9.47 Å². The zero-order chi connectivity index (χ0) is 29.3. The lowest BCUT2D eigenvalue weighted by atomic mass is 10.0. The number of nitrogens with one attached hydrogen (secondary N) is 1. The Labute approximate surface area is 254 Å². The van der Waals surface area contributed by atoms with Crippen LogP contribution >= 0.6 is 39.1 Å². The molecule has 0 atom stereocenters. The summed E-state index contributed by atoms with van der Waals surface area (Å²) in [6.45, 7) is 4.54. The number of ether oxygens (including phenoxy) is 2. The van der Waals surface area contributed by atoms with Crippen LogP contribution in [0.3, 0.4) is 0 Å². The number of amides is 4. The molecule has 208 valence electrons. The van der Waals surface area contributed by atoms with Gasteiger partial charge in [0, 0.05) is 5.56 Å². The van der Waals surface area contributed by atoms with E-state index >= 15 is 0 Å². The van der Waals surface area contributed by atoms with E-state index in [0.29, 0.717) is 34.7 Å². The number of urea groups is 1. The molecule has 41 heavy (non-hydrogen) atoms. The Morgan fingerprint density at radius 3 is 2.49 bits per heavy atom. The molecule has 0 saturated carbocycles. The average Bonchev–Trinajstić information content (AvgIpc) is 2.93. The van der Waals surface area contributed by atoms with Gasteiger partial charge in [0.05, 0.1) is 26.8 Å². The molecule has 4 amide bonds. The number of fused-ring (bicyclic) bond motifs is 1. The summed E-state index contributed by atoms with van der Waals surface area (Å²) >= 11 is 15.6. The highest BCUT2D eigenvalue weighted by atomic mass is 79.9. The summed E-state index contributed by atoms with van der Waals surface area (Å²) in [5, 5.41) is 4.84. The van der Waals surface area contributed by atoms with Crippen LogP contribution in [0.25, 0.3) is 16.8 Å². The predicted molar refractivity (Wildman–Crippen MR) is 164 cm³/mol. The van der Waals surface area contributed by atoms with Crippen LogP contribution in [0.1, 0.15) is 23.6 Å². The zero-order valence-electron chi connectivity index (χ0n) is 22.0. The quantitative estimate of drug-likeness (QED) is 0.162. The highest BCUT2D eigenvalue weighted by Crippen LogP contribution is 2.39. The third-order valence-electron chi connectivity index (χ3n) is 6.54.